The second-order valence-corrected chi connectivity index (χ2v) is 4.21. The number of hydrogen-bond acceptors (Lipinski definition) is 2. The zero-order chi connectivity index (χ0) is 10.5. The standard InChI is InChI=1S/C12H10ClNS/c13-8-11-9-15-12(14-11)7-6-10-4-2-1-3-5-10/h1-7,9H,8H2. The first-order valence-electron chi connectivity index (χ1n) is 4.62. The van der Waals surface area contributed by atoms with Crippen LogP contribution >= 0.6 is 22.9 Å². The summed E-state index contributed by atoms with van der Waals surface area (Å²) in [5, 5.41) is 2.98. The average Bonchev–Trinajstić information content (AvgIpc) is 2.76. The van der Waals surface area contributed by atoms with Crippen LogP contribution in [0.2, 0.25) is 0 Å². The number of rotatable bonds is 3. The Kier molecular flexibility index (Phi) is 3.54. The van der Waals surface area contributed by atoms with Crippen LogP contribution in [-0.4, -0.2) is 4.98 Å². The summed E-state index contributed by atoms with van der Waals surface area (Å²) in [4.78, 5) is 4.34. The van der Waals surface area contributed by atoms with Gasteiger partial charge in [0, 0.05) is 5.38 Å². The van der Waals surface area contributed by atoms with Crippen molar-refractivity contribution in [3.63, 3.8) is 0 Å². The molecule has 0 aliphatic heterocycles. The van der Waals surface area contributed by atoms with Gasteiger partial charge in [-0.25, -0.2) is 4.98 Å². The molecule has 76 valence electrons. The zero-order valence-electron chi connectivity index (χ0n) is 8.06. The minimum absolute atomic E-state index is 0.482. The van der Waals surface area contributed by atoms with Crippen LogP contribution in [0.5, 0.6) is 0 Å². The van der Waals surface area contributed by atoms with Crippen LogP contribution in [-0.2, 0) is 5.88 Å². The molecule has 0 saturated heterocycles. The number of halogens is 1. The Morgan fingerprint density at radius 1 is 1.20 bits per heavy atom. The molecule has 0 aliphatic rings. The van der Waals surface area contributed by atoms with Crippen molar-refractivity contribution in [3.05, 3.63) is 52.0 Å². The summed E-state index contributed by atoms with van der Waals surface area (Å²) in [6, 6.07) is 10.2. The highest BCUT2D eigenvalue weighted by molar-refractivity contribution is 7.10. The predicted molar refractivity (Wildman–Crippen MR) is 67.0 cm³/mol. The summed E-state index contributed by atoms with van der Waals surface area (Å²) in [5.74, 6) is 0.482. The molecule has 2 rings (SSSR count). The van der Waals surface area contributed by atoms with Gasteiger partial charge in [-0.05, 0) is 11.6 Å². The third kappa shape index (κ3) is 2.91. The van der Waals surface area contributed by atoms with Crippen molar-refractivity contribution in [2.75, 3.05) is 0 Å². The maximum absolute atomic E-state index is 5.68. The number of benzene rings is 1. The smallest absolute Gasteiger partial charge is 0.116 e. The number of hydrogen-bond donors (Lipinski definition) is 0. The van der Waals surface area contributed by atoms with Crippen LogP contribution in [0.25, 0.3) is 12.2 Å². The van der Waals surface area contributed by atoms with E-state index in [1.807, 2.05) is 29.7 Å². The van der Waals surface area contributed by atoms with Crippen LogP contribution in [0, 0.1) is 0 Å². The molecule has 0 saturated carbocycles. The monoisotopic (exact) mass is 235 g/mol. The van der Waals surface area contributed by atoms with E-state index in [1.165, 1.54) is 5.56 Å². The van der Waals surface area contributed by atoms with Gasteiger partial charge in [0.05, 0.1) is 11.6 Å². The molecule has 3 heteroatoms. The highest BCUT2D eigenvalue weighted by Crippen LogP contribution is 2.14. The fourth-order valence-electron chi connectivity index (χ4n) is 1.19. The Balaban J connectivity index is 2.11. The Morgan fingerprint density at radius 2 is 2.00 bits per heavy atom. The Morgan fingerprint density at radius 3 is 2.67 bits per heavy atom. The lowest BCUT2D eigenvalue weighted by atomic mass is 10.2. The van der Waals surface area contributed by atoms with E-state index in [-0.39, 0.29) is 0 Å². The molecule has 0 atom stereocenters. The Labute approximate surface area is 98.1 Å². The second-order valence-electron chi connectivity index (χ2n) is 3.05. The van der Waals surface area contributed by atoms with E-state index in [1.54, 1.807) is 11.3 Å². The van der Waals surface area contributed by atoms with Crippen molar-refractivity contribution < 1.29 is 0 Å². The van der Waals surface area contributed by atoms with Crippen LogP contribution < -0.4 is 0 Å². The summed E-state index contributed by atoms with van der Waals surface area (Å²) < 4.78 is 0. The molecular formula is C12H10ClNS. The third-order valence-corrected chi connectivity index (χ3v) is 3.06. The van der Waals surface area contributed by atoms with Gasteiger partial charge >= 0.3 is 0 Å². The number of aromatic nitrogens is 1. The summed E-state index contributed by atoms with van der Waals surface area (Å²) in [7, 11) is 0. The van der Waals surface area contributed by atoms with E-state index in [9.17, 15) is 0 Å². The van der Waals surface area contributed by atoms with Gasteiger partial charge in [0.2, 0.25) is 0 Å². The zero-order valence-corrected chi connectivity index (χ0v) is 9.63. The van der Waals surface area contributed by atoms with Gasteiger partial charge in [0.1, 0.15) is 5.01 Å². The van der Waals surface area contributed by atoms with Gasteiger partial charge in [-0.2, -0.15) is 0 Å². The minimum atomic E-state index is 0.482. The molecular weight excluding hydrogens is 226 g/mol. The molecule has 0 aliphatic carbocycles. The molecule has 0 N–H and O–H groups in total. The number of nitrogens with zero attached hydrogens (tertiary/aromatic N) is 1. The van der Waals surface area contributed by atoms with Gasteiger partial charge in [-0.3, -0.25) is 0 Å². The van der Waals surface area contributed by atoms with Crippen molar-refractivity contribution in [2.45, 2.75) is 5.88 Å². The van der Waals surface area contributed by atoms with Crippen LogP contribution in [0.3, 0.4) is 0 Å². The molecule has 15 heavy (non-hydrogen) atoms. The van der Waals surface area contributed by atoms with Gasteiger partial charge in [0.15, 0.2) is 0 Å². The lowest BCUT2D eigenvalue weighted by Crippen LogP contribution is -1.76. The van der Waals surface area contributed by atoms with Crippen molar-refractivity contribution >= 4 is 35.1 Å². The van der Waals surface area contributed by atoms with Crippen molar-refractivity contribution in [2.24, 2.45) is 0 Å². The number of thiazole rings is 1. The predicted octanol–water partition coefficient (Wildman–Crippen LogP) is 4.05. The van der Waals surface area contributed by atoms with E-state index in [2.05, 4.69) is 23.2 Å². The minimum Gasteiger partial charge on any atom is -0.240 e. The van der Waals surface area contributed by atoms with Gasteiger partial charge in [-0.15, -0.1) is 22.9 Å². The summed E-state index contributed by atoms with van der Waals surface area (Å²) in [5.41, 5.74) is 2.12. The van der Waals surface area contributed by atoms with E-state index in [4.69, 9.17) is 11.6 Å². The largest absolute Gasteiger partial charge is 0.240 e. The van der Waals surface area contributed by atoms with E-state index in [0.29, 0.717) is 5.88 Å². The molecule has 0 bridgehead atoms. The SMILES string of the molecule is ClCc1csc(C=Cc2ccccc2)n1. The van der Waals surface area contributed by atoms with E-state index >= 15 is 0 Å². The van der Waals surface area contributed by atoms with Gasteiger partial charge in [0.25, 0.3) is 0 Å². The molecule has 1 aromatic heterocycles. The molecule has 2 aromatic rings. The van der Waals surface area contributed by atoms with Gasteiger partial charge in [-0.1, -0.05) is 36.4 Å². The molecule has 0 fully saturated rings. The maximum Gasteiger partial charge on any atom is 0.116 e. The van der Waals surface area contributed by atoms with Crippen LogP contribution in [0.1, 0.15) is 16.3 Å². The summed E-state index contributed by atoms with van der Waals surface area (Å²) in [6.07, 6.45) is 4.06. The van der Waals surface area contributed by atoms with Gasteiger partial charge < -0.3 is 0 Å². The fourth-order valence-corrected chi connectivity index (χ4v) is 2.13. The topological polar surface area (TPSA) is 12.9 Å². The molecule has 1 heterocycles. The third-order valence-electron chi connectivity index (χ3n) is 1.92. The summed E-state index contributed by atoms with van der Waals surface area (Å²) >= 11 is 7.29. The Bertz CT molecular complexity index is 448. The molecule has 1 aromatic carbocycles. The highest BCUT2D eigenvalue weighted by Gasteiger charge is 1.96. The van der Waals surface area contributed by atoms with Crippen molar-refractivity contribution in [1.29, 1.82) is 0 Å². The molecule has 0 radical (unpaired) electrons. The second kappa shape index (κ2) is 5.10. The van der Waals surface area contributed by atoms with E-state index < -0.39 is 0 Å². The quantitative estimate of drug-likeness (QED) is 0.732. The molecule has 1 nitrogen and oxygen atoms in total. The first kappa shape index (κ1) is 10.4. The first-order valence-corrected chi connectivity index (χ1v) is 6.03. The fraction of sp³-hybridized carbons (Fsp3) is 0.0833. The normalized spacial score (nSPS) is 11.0. The van der Waals surface area contributed by atoms with Crippen LogP contribution in [0.15, 0.2) is 35.7 Å². The first-order chi connectivity index (χ1) is 7.38. The van der Waals surface area contributed by atoms with Crippen LogP contribution in [0.4, 0.5) is 0 Å². The molecule has 0 unspecified atom stereocenters. The lowest BCUT2D eigenvalue weighted by Gasteiger charge is -1.89. The van der Waals surface area contributed by atoms with Crippen molar-refractivity contribution in [3.8, 4) is 0 Å². The number of alkyl halides is 1. The average molecular weight is 236 g/mol. The maximum atomic E-state index is 5.68. The van der Waals surface area contributed by atoms with Crippen molar-refractivity contribution in [1.82, 2.24) is 4.98 Å². The highest BCUT2D eigenvalue weighted by atomic mass is 35.5. The summed E-state index contributed by atoms with van der Waals surface area (Å²) in [6.45, 7) is 0. The lowest BCUT2D eigenvalue weighted by molar-refractivity contribution is 1.22. The Hall–Kier alpha value is -1.12. The molecule has 0 amide bonds. The molecule has 0 spiro atoms. The van der Waals surface area contributed by atoms with E-state index in [0.717, 1.165) is 10.7 Å².